The van der Waals surface area contributed by atoms with E-state index >= 15 is 0 Å². The van der Waals surface area contributed by atoms with E-state index < -0.39 is 35.8 Å². The number of aryl methyl sites for hydroxylation is 1. The summed E-state index contributed by atoms with van der Waals surface area (Å²) in [7, 11) is 3.02. The van der Waals surface area contributed by atoms with Crippen molar-refractivity contribution in [3.8, 4) is 34.5 Å². The number of carboxylic acids is 1. The minimum Gasteiger partial charge on any atom is -0.495 e. The normalized spacial score (nSPS) is 12.8. The Balaban J connectivity index is 0.000000173. The van der Waals surface area contributed by atoms with E-state index in [1.165, 1.54) is 66.6 Å². The summed E-state index contributed by atoms with van der Waals surface area (Å²) in [6.07, 6.45) is 4.78. The zero-order valence-corrected chi connectivity index (χ0v) is 62.7. The number of halogens is 3. The van der Waals surface area contributed by atoms with E-state index in [0.29, 0.717) is 86.5 Å². The molecule has 3 atom stereocenters. The van der Waals surface area contributed by atoms with Gasteiger partial charge in [-0.05, 0) is 167 Å². The molecular formula is C77H83BrClFN6O13S3. The number of aromatic carboxylic acids is 1. The second kappa shape index (κ2) is 39.3. The number of hydrogen-bond acceptors (Lipinski definition) is 16. The van der Waals surface area contributed by atoms with Gasteiger partial charge < -0.3 is 59.7 Å². The number of methoxy groups -OCH3 is 2. The zero-order valence-electron chi connectivity index (χ0n) is 58.0. The highest BCUT2D eigenvalue weighted by molar-refractivity contribution is 9.10. The average molecular weight is 1530 g/mol. The van der Waals surface area contributed by atoms with Gasteiger partial charge in [0, 0.05) is 35.1 Å². The number of thiazole rings is 1. The Hall–Kier alpha value is -9.20. The summed E-state index contributed by atoms with van der Waals surface area (Å²) in [5.41, 5.74) is 6.94. The Labute approximate surface area is 619 Å². The molecule has 0 fully saturated rings. The van der Waals surface area contributed by atoms with Crippen LogP contribution in [-0.4, -0.2) is 109 Å². The van der Waals surface area contributed by atoms with E-state index in [9.17, 15) is 38.3 Å². The molecule has 7 aromatic carbocycles. The minimum atomic E-state index is -1.11. The first kappa shape index (κ1) is 78.5. The monoisotopic (exact) mass is 1530 g/mol. The van der Waals surface area contributed by atoms with Gasteiger partial charge in [0.15, 0.2) is 34.7 Å². The number of nitrogens with zero attached hydrogens (tertiary/aromatic N) is 2. The van der Waals surface area contributed by atoms with Crippen LogP contribution in [0, 0.1) is 5.82 Å². The standard InChI is InChI=1S/C20H23FN2O3S.C20H20N2O2S2.C19H20BrNO4.C18H20ClNO4/c1-3-22-19(25)17-13-8-4-7-11-16(13)27-20(17)23-18(24)12(2)26-15-10-6-5-9-14(15)21;1-2-24-16-7-8-17-18(11-16)26-20(21-17)25-13-19(23)22-10-9-14-5-3-4-6-15(14)12-22;1-3-12(2)14-6-4-5-7-17(14)25-11-18(22)21-16-9-8-13(20)10-15(16)19(23)24;1-4-15(24-12-8-6-5-7-9-12)18(21)20-14-10-13(19)16(22-2)11-17(14)23-3/h5-6,9-10,12H,3-4,7-8,11H2,1-2H3,(H,22,25)(H,23,24);3-8,11H,2,9-10,12-13H2,1H3;4-10,12H,3,11H2,1-2H3,(H,21,22)(H,23,24);5-11,15H,4H2,1-3H3,(H,20,21). The number of amides is 5. The third-order valence-electron chi connectivity index (χ3n) is 16.3. The SMILES string of the molecule is CCC(C)c1ccccc1OCC(=O)Nc1ccc(Br)cc1C(=O)O.CCC(Oc1ccccc1)C(=O)Nc1cc(Cl)c(OC)cc1OC.CCNC(=O)c1c(NC(=O)C(C)Oc2ccccc2F)sc2c1CCCC2.CCOc1ccc2nc(SCC(=O)N3CCc4ccccc4C3)sc2c1. The lowest BCUT2D eigenvalue weighted by Gasteiger charge is -2.28. The van der Waals surface area contributed by atoms with Gasteiger partial charge in [-0.25, -0.2) is 14.2 Å². The Morgan fingerprint density at radius 1 is 0.696 bits per heavy atom. The first-order valence-corrected chi connectivity index (χ1v) is 37.2. The third kappa shape index (κ3) is 22.2. The number of aromatic nitrogens is 1. The smallest absolute Gasteiger partial charge is 0.337 e. The number of fused-ring (bicyclic) bond motifs is 3. The van der Waals surface area contributed by atoms with E-state index in [-0.39, 0.29) is 41.3 Å². The number of ether oxygens (including phenoxy) is 6. The molecule has 0 bridgehead atoms. The Bertz CT molecular complexity index is 4350. The van der Waals surface area contributed by atoms with Crippen LogP contribution in [0.4, 0.5) is 20.8 Å². The average Bonchev–Trinajstić information content (AvgIpc) is 1.63. The van der Waals surface area contributed by atoms with Crippen LogP contribution in [0.15, 0.2) is 160 Å². The molecule has 3 heterocycles. The van der Waals surface area contributed by atoms with Crippen LogP contribution in [0.25, 0.3) is 10.2 Å². The van der Waals surface area contributed by atoms with Crippen molar-refractivity contribution in [3.05, 3.63) is 205 Å². The molecule has 19 nitrogen and oxygen atoms in total. The van der Waals surface area contributed by atoms with Gasteiger partial charge in [-0.1, -0.05) is 133 Å². The fraction of sp³-hybridized carbons (Fsp3) is 0.312. The molecule has 2 aliphatic rings. The fourth-order valence-corrected chi connectivity index (χ4v) is 14.7. The second-order valence-corrected chi connectivity index (χ2v) is 28.0. The molecule has 5 N–H and O–H groups in total. The third-order valence-corrected chi connectivity index (χ3v) is 20.4. The topological polar surface area (TPSA) is 242 Å². The molecule has 2 aromatic heterocycles. The summed E-state index contributed by atoms with van der Waals surface area (Å²) in [4.78, 5) is 81.4. The van der Waals surface area contributed by atoms with Gasteiger partial charge in [-0.2, -0.15) is 0 Å². The Kier molecular flexibility index (Phi) is 30.2. The number of rotatable bonds is 25. The number of anilines is 3. The second-order valence-electron chi connectivity index (χ2n) is 23.3. The van der Waals surface area contributed by atoms with Crippen molar-refractivity contribution >= 4 is 124 Å². The highest BCUT2D eigenvalue weighted by atomic mass is 79.9. The highest BCUT2D eigenvalue weighted by Crippen LogP contribution is 2.40. The lowest BCUT2D eigenvalue weighted by atomic mass is 9.95. The Morgan fingerprint density at radius 3 is 2.11 bits per heavy atom. The number of nitrogens with one attached hydrogen (secondary N) is 4. The van der Waals surface area contributed by atoms with E-state index in [4.69, 9.17) is 40.0 Å². The summed E-state index contributed by atoms with van der Waals surface area (Å²) in [5.74, 6) is 1.15. The van der Waals surface area contributed by atoms with Crippen molar-refractivity contribution in [1.29, 1.82) is 0 Å². The van der Waals surface area contributed by atoms with Crippen LogP contribution < -0.4 is 49.7 Å². The molecule has 102 heavy (non-hydrogen) atoms. The molecule has 25 heteroatoms. The molecule has 1 aliphatic heterocycles. The van der Waals surface area contributed by atoms with Gasteiger partial charge >= 0.3 is 5.97 Å². The van der Waals surface area contributed by atoms with Crippen molar-refractivity contribution in [2.45, 2.75) is 115 Å². The number of thiophene rings is 1. The summed E-state index contributed by atoms with van der Waals surface area (Å²) >= 11 is 13.9. The number of thioether (sulfide) groups is 1. The highest BCUT2D eigenvalue weighted by Gasteiger charge is 2.29. The molecule has 11 rings (SSSR count). The quantitative estimate of drug-likeness (QED) is 0.0334. The summed E-state index contributed by atoms with van der Waals surface area (Å²) in [5, 5.41) is 21.2. The maximum absolute atomic E-state index is 13.7. The lowest BCUT2D eigenvalue weighted by Crippen LogP contribution is -2.37. The van der Waals surface area contributed by atoms with Crippen LogP contribution in [0.1, 0.15) is 121 Å². The fourth-order valence-electron chi connectivity index (χ4n) is 10.8. The summed E-state index contributed by atoms with van der Waals surface area (Å²) in [6, 6.07) is 44.9. The van der Waals surface area contributed by atoms with E-state index in [0.717, 1.165) is 81.4 Å². The largest absolute Gasteiger partial charge is 0.495 e. The predicted octanol–water partition coefficient (Wildman–Crippen LogP) is 17.1. The summed E-state index contributed by atoms with van der Waals surface area (Å²) in [6.45, 7) is 14.0. The van der Waals surface area contributed by atoms with Crippen LogP contribution in [0.5, 0.6) is 34.5 Å². The maximum Gasteiger partial charge on any atom is 0.337 e. The first-order valence-electron chi connectivity index (χ1n) is 33.4. The number of para-hydroxylation sites is 3. The molecule has 0 saturated heterocycles. The maximum atomic E-state index is 13.7. The lowest BCUT2D eigenvalue weighted by molar-refractivity contribution is -0.129. The number of hydrogen-bond donors (Lipinski definition) is 5. The van der Waals surface area contributed by atoms with E-state index in [2.05, 4.69) is 74.2 Å². The van der Waals surface area contributed by atoms with Crippen molar-refractivity contribution in [2.24, 2.45) is 0 Å². The summed E-state index contributed by atoms with van der Waals surface area (Å²) < 4.78 is 49.2. The minimum absolute atomic E-state index is 0.0164. The molecule has 5 amide bonds. The van der Waals surface area contributed by atoms with Crippen molar-refractivity contribution in [2.75, 3.05) is 62.2 Å². The van der Waals surface area contributed by atoms with Crippen LogP contribution >= 0.6 is 62.0 Å². The number of benzene rings is 7. The van der Waals surface area contributed by atoms with Crippen LogP contribution in [0.3, 0.4) is 0 Å². The van der Waals surface area contributed by atoms with Crippen LogP contribution in [0.2, 0.25) is 5.02 Å². The first-order chi connectivity index (χ1) is 49.2. The van der Waals surface area contributed by atoms with Crippen molar-refractivity contribution < 1.29 is 66.7 Å². The molecule has 0 saturated carbocycles. The van der Waals surface area contributed by atoms with E-state index in [1.807, 2.05) is 92.4 Å². The predicted molar refractivity (Wildman–Crippen MR) is 406 cm³/mol. The molecule has 0 spiro atoms. The van der Waals surface area contributed by atoms with Gasteiger partial charge in [0.25, 0.3) is 23.6 Å². The van der Waals surface area contributed by atoms with E-state index in [1.54, 1.807) is 66.8 Å². The molecule has 9 aromatic rings. The molecule has 1 aliphatic carbocycles. The zero-order chi connectivity index (χ0) is 73.2. The van der Waals surface area contributed by atoms with Crippen molar-refractivity contribution in [3.63, 3.8) is 0 Å². The van der Waals surface area contributed by atoms with Crippen molar-refractivity contribution in [1.82, 2.24) is 15.2 Å². The van der Waals surface area contributed by atoms with Gasteiger partial charge in [0.2, 0.25) is 5.91 Å². The van der Waals surface area contributed by atoms with Gasteiger partial charge in [-0.15, -0.1) is 22.7 Å². The molecule has 0 radical (unpaired) electrons. The molecule has 538 valence electrons. The Morgan fingerprint density at radius 2 is 1.40 bits per heavy atom. The molecular weight excluding hydrogens is 1450 g/mol. The number of carbonyl (C=O) groups is 6. The molecule has 3 unspecified atom stereocenters. The van der Waals surface area contributed by atoms with Gasteiger partial charge in [-0.3, -0.25) is 24.0 Å². The van der Waals surface area contributed by atoms with Gasteiger partial charge in [0.05, 0.1) is 64.3 Å². The number of carbonyl (C=O) groups excluding carboxylic acids is 5. The number of carboxylic acid groups (broad SMARTS) is 1. The van der Waals surface area contributed by atoms with Gasteiger partial charge in [0.1, 0.15) is 33.7 Å². The van der Waals surface area contributed by atoms with Crippen LogP contribution in [-0.2, 0) is 45.0 Å².